The molecule has 1 aromatic heterocycles. The number of hydrogen-bond donors (Lipinski definition) is 1. The van der Waals surface area contributed by atoms with Crippen LogP contribution >= 0.6 is 11.3 Å². The highest BCUT2D eigenvalue weighted by atomic mass is 32.1. The van der Waals surface area contributed by atoms with Gasteiger partial charge in [-0.25, -0.2) is 0 Å². The molecule has 0 radical (unpaired) electrons. The Balaban J connectivity index is 1.99. The summed E-state index contributed by atoms with van der Waals surface area (Å²) in [5.41, 5.74) is 0. The van der Waals surface area contributed by atoms with Crippen LogP contribution in [0, 0.1) is 6.92 Å². The van der Waals surface area contributed by atoms with E-state index in [-0.39, 0.29) is 6.10 Å². The first-order valence-corrected chi connectivity index (χ1v) is 6.52. The second-order valence-electron chi connectivity index (χ2n) is 4.11. The Labute approximate surface area is 95.6 Å². The van der Waals surface area contributed by atoms with Crippen LogP contribution in [0.1, 0.15) is 35.6 Å². The summed E-state index contributed by atoms with van der Waals surface area (Å²) in [6, 6.07) is 5.00. The minimum Gasteiger partial charge on any atom is -0.371 e. The van der Waals surface area contributed by atoms with Gasteiger partial charge < -0.3 is 10.1 Å². The summed E-state index contributed by atoms with van der Waals surface area (Å²) in [6.45, 7) is 6.21. The van der Waals surface area contributed by atoms with Crippen LogP contribution in [-0.4, -0.2) is 19.2 Å². The minimum atomic E-state index is 0.264. The topological polar surface area (TPSA) is 21.3 Å². The molecule has 3 heteroatoms. The van der Waals surface area contributed by atoms with Crippen molar-refractivity contribution in [2.75, 3.05) is 13.2 Å². The fourth-order valence-corrected chi connectivity index (χ4v) is 2.87. The zero-order valence-corrected chi connectivity index (χ0v) is 10.3. The highest BCUT2D eigenvalue weighted by molar-refractivity contribution is 7.12. The molecular weight excluding hydrogens is 206 g/mol. The van der Waals surface area contributed by atoms with E-state index in [1.54, 1.807) is 0 Å². The highest BCUT2D eigenvalue weighted by Gasteiger charge is 2.19. The molecule has 1 fully saturated rings. The average Bonchev–Trinajstić information content (AvgIpc) is 2.54. The molecule has 2 atom stereocenters. The summed E-state index contributed by atoms with van der Waals surface area (Å²) >= 11 is 1.85. The van der Waals surface area contributed by atoms with Gasteiger partial charge in [0.25, 0.3) is 0 Å². The van der Waals surface area contributed by atoms with Crippen LogP contribution in [0.5, 0.6) is 0 Å². The Bertz CT molecular complexity index is 310. The van der Waals surface area contributed by atoms with E-state index >= 15 is 0 Å². The van der Waals surface area contributed by atoms with Crippen molar-refractivity contribution in [3.05, 3.63) is 21.9 Å². The van der Waals surface area contributed by atoms with Crippen molar-refractivity contribution in [1.29, 1.82) is 0 Å². The summed E-state index contributed by atoms with van der Waals surface area (Å²) in [5.74, 6) is 0. The first-order valence-electron chi connectivity index (χ1n) is 5.71. The third-order valence-electron chi connectivity index (χ3n) is 2.95. The molecule has 0 amide bonds. The SMILES string of the molecule is CCC1CCOC(c2ccc(C)s2)CN1. The van der Waals surface area contributed by atoms with Gasteiger partial charge in [-0.15, -0.1) is 11.3 Å². The van der Waals surface area contributed by atoms with Crippen LogP contribution in [0.2, 0.25) is 0 Å². The summed E-state index contributed by atoms with van der Waals surface area (Å²) < 4.78 is 5.88. The lowest BCUT2D eigenvalue weighted by Gasteiger charge is -2.14. The van der Waals surface area contributed by atoms with E-state index in [1.807, 2.05) is 11.3 Å². The third-order valence-corrected chi connectivity index (χ3v) is 4.04. The Morgan fingerprint density at radius 3 is 3.07 bits per heavy atom. The van der Waals surface area contributed by atoms with Gasteiger partial charge >= 0.3 is 0 Å². The molecule has 1 aliphatic heterocycles. The predicted molar refractivity (Wildman–Crippen MR) is 64.4 cm³/mol. The first kappa shape index (κ1) is 11.1. The Morgan fingerprint density at radius 2 is 2.40 bits per heavy atom. The van der Waals surface area contributed by atoms with E-state index in [0.29, 0.717) is 6.04 Å². The largest absolute Gasteiger partial charge is 0.371 e. The maximum Gasteiger partial charge on any atom is 0.104 e. The van der Waals surface area contributed by atoms with Gasteiger partial charge in [0.05, 0.1) is 0 Å². The standard InChI is InChI=1S/C12H19NOS/c1-3-10-6-7-14-11(8-13-10)12-5-4-9(2)15-12/h4-5,10-11,13H,3,6-8H2,1-2H3. The average molecular weight is 225 g/mol. The fourth-order valence-electron chi connectivity index (χ4n) is 1.94. The molecule has 0 spiro atoms. The molecule has 1 saturated heterocycles. The van der Waals surface area contributed by atoms with E-state index in [0.717, 1.165) is 19.6 Å². The summed E-state index contributed by atoms with van der Waals surface area (Å²) in [4.78, 5) is 2.72. The van der Waals surface area contributed by atoms with Crippen molar-refractivity contribution in [3.63, 3.8) is 0 Å². The monoisotopic (exact) mass is 225 g/mol. The maximum absolute atomic E-state index is 5.88. The van der Waals surface area contributed by atoms with Crippen molar-refractivity contribution in [2.45, 2.75) is 38.8 Å². The van der Waals surface area contributed by atoms with Gasteiger partial charge in [0.1, 0.15) is 6.10 Å². The molecule has 1 N–H and O–H groups in total. The molecule has 2 nitrogen and oxygen atoms in total. The lowest BCUT2D eigenvalue weighted by Crippen LogP contribution is -2.29. The molecule has 1 aromatic rings. The fraction of sp³-hybridized carbons (Fsp3) is 0.667. The van der Waals surface area contributed by atoms with Gasteiger partial charge in [0, 0.05) is 28.9 Å². The molecular formula is C12H19NOS. The molecule has 15 heavy (non-hydrogen) atoms. The maximum atomic E-state index is 5.88. The summed E-state index contributed by atoms with van der Waals surface area (Å²) in [7, 11) is 0. The van der Waals surface area contributed by atoms with Gasteiger partial charge in [-0.05, 0) is 31.9 Å². The van der Waals surface area contributed by atoms with E-state index in [9.17, 15) is 0 Å². The smallest absolute Gasteiger partial charge is 0.104 e. The van der Waals surface area contributed by atoms with Gasteiger partial charge in [0.2, 0.25) is 0 Å². The van der Waals surface area contributed by atoms with E-state index in [2.05, 4.69) is 31.3 Å². The van der Waals surface area contributed by atoms with Crippen molar-refractivity contribution in [3.8, 4) is 0 Å². The van der Waals surface area contributed by atoms with Crippen molar-refractivity contribution >= 4 is 11.3 Å². The van der Waals surface area contributed by atoms with Crippen molar-refractivity contribution < 1.29 is 4.74 Å². The minimum absolute atomic E-state index is 0.264. The number of ether oxygens (including phenoxy) is 1. The van der Waals surface area contributed by atoms with Crippen LogP contribution in [0.3, 0.4) is 0 Å². The third kappa shape index (κ3) is 2.80. The van der Waals surface area contributed by atoms with Crippen LogP contribution < -0.4 is 5.32 Å². The van der Waals surface area contributed by atoms with Crippen molar-refractivity contribution in [1.82, 2.24) is 5.32 Å². The first-order chi connectivity index (χ1) is 7.29. The van der Waals surface area contributed by atoms with Gasteiger partial charge in [-0.3, -0.25) is 0 Å². The Morgan fingerprint density at radius 1 is 1.53 bits per heavy atom. The summed E-state index contributed by atoms with van der Waals surface area (Å²) in [5, 5.41) is 3.57. The van der Waals surface area contributed by atoms with Crippen LogP contribution in [-0.2, 0) is 4.74 Å². The molecule has 0 bridgehead atoms. The van der Waals surface area contributed by atoms with Gasteiger partial charge in [-0.1, -0.05) is 6.92 Å². The van der Waals surface area contributed by atoms with Crippen LogP contribution in [0.15, 0.2) is 12.1 Å². The lowest BCUT2D eigenvalue weighted by molar-refractivity contribution is 0.0688. The van der Waals surface area contributed by atoms with E-state index in [4.69, 9.17) is 4.74 Å². The van der Waals surface area contributed by atoms with Gasteiger partial charge in [-0.2, -0.15) is 0 Å². The Hall–Kier alpha value is -0.380. The lowest BCUT2D eigenvalue weighted by atomic mass is 10.1. The molecule has 0 aliphatic carbocycles. The number of nitrogens with one attached hydrogen (secondary N) is 1. The predicted octanol–water partition coefficient (Wildman–Crippen LogP) is 2.89. The van der Waals surface area contributed by atoms with Crippen LogP contribution in [0.25, 0.3) is 0 Å². The number of thiophene rings is 1. The molecule has 0 aromatic carbocycles. The Kier molecular flexibility index (Phi) is 3.78. The number of aryl methyl sites for hydroxylation is 1. The quantitative estimate of drug-likeness (QED) is 0.835. The zero-order valence-electron chi connectivity index (χ0n) is 9.45. The van der Waals surface area contributed by atoms with E-state index < -0.39 is 0 Å². The second kappa shape index (κ2) is 5.10. The van der Waals surface area contributed by atoms with E-state index in [1.165, 1.54) is 16.2 Å². The molecule has 2 heterocycles. The second-order valence-corrected chi connectivity index (χ2v) is 5.43. The molecule has 2 unspecified atom stereocenters. The molecule has 0 saturated carbocycles. The highest BCUT2D eigenvalue weighted by Crippen LogP contribution is 2.26. The van der Waals surface area contributed by atoms with Crippen LogP contribution in [0.4, 0.5) is 0 Å². The molecule has 1 aliphatic rings. The zero-order chi connectivity index (χ0) is 10.7. The number of hydrogen-bond acceptors (Lipinski definition) is 3. The normalized spacial score (nSPS) is 27.6. The molecule has 2 rings (SSSR count). The number of rotatable bonds is 2. The van der Waals surface area contributed by atoms with Crippen molar-refractivity contribution in [2.24, 2.45) is 0 Å². The van der Waals surface area contributed by atoms with Gasteiger partial charge in [0.15, 0.2) is 0 Å². The molecule has 84 valence electrons. The summed E-state index contributed by atoms with van der Waals surface area (Å²) in [6.07, 6.45) is 2.59.